The first-order chi connectivity index (χ1) is 5.51. The van der Waals surface area contributed by atoms with Gasteiger partial charge in [0.15, 0.2) is 0 Å². The van der Waals surface area contributed by atoms with Gasteiger partial charge in [0.2, 0.25) is 0 Å². The van der Waals surface area contributed by atoms with Gasteiger partial charge in [-0.3, -0.25) is 0 Å². The highest BCUT2D eigenvalue weighted by Crippen LogP contribution is 2.57. The zero-order valence-electron chi connectivity index (χ0n) is 7.50. The summed E-state index contributed by atoms with van der Waals surface area (Å²) in [6, 6.07) is 0. The second-order valence-electron chi connectivity index (χ2n) is 4.56. The maximum absolute atomic E-state index is 10.7. The Morgan fingerprint density at radius 3 is 2.67 bits per heavy atom. The number of aliphatic carboxylic acids is 1. The molecule has 0 aromatic rings. The average Bonchev–Trinajstić information content (AvgIpc) is 2.04. The lowest BCUT2D eigenvalue weighted by molar-refractivity contribution is -0.134. The monoisotopic (exact) mass is 166 g/mol. The van der Waals surface area contributed by atoms with E-state index >= 15 is 0 Å². The molecule has 2 nitrogen and oxygen atoms in total. The Hall–Kier alpha value is -0.790. The first-order valence-electron chi connectivity index (χ1n) is 4.46. The van der Waals surface area contributed by atoms with Crippen molar-refractivity contribution in [2.75, 3.05) is 0 Å². The number of hydrogen-bond donors (Lipinski definition) is 1. The van der Waals surface area contributed by atoms with E-state index in [1.807, 2.05) is 6.08 Å². The molecule has 1 fully saturated rings. The number of carboxylic acid groups (broad SMARTS) is 1. The predicted molar refractivity (Wildman–Crippen MR) is 45.7 cm³/mol. The van der Waals surface area contributed by atoms with Crippen LogP contribution in [0.1, 0.15) is 26.7 Å². The molecule has 2 atom stereocenters. The van der Waals surface area contributed by atoms with Gasteiger partial charge in [-0.05, 0) is 30.1 Å². The Morgan fingerprint density at radius 1 is 1.67 bits per heavy atom. The lowest BCUT2D eigenvalue weighted by Gasteiger charge is -2.54. The van der Waals surface area contributed by atoms with Crippen LogP contribution in [-0.2, 0) is 4.79 Å². The third-order valence-electron chi connectivity index (χ3n) is 3.69. The van der Waals surface area contributed by atoms with Gasteiger partial charge in [-0.2, -0.15) is 0 Å². The van der Waals surface area contributed by atoms with Gasteiger partial charge in [0.1, 0.15) is 0 Å². The van der Waals surface area contributed by atoms with Gasteiger partial charge in [0.05, 0.1) is 0 Å². The van der Waals surface area contributed by atoms with Crippen LogP contribution in [0.25, 0.3) is 0 Å². The Labute approximate surface area is 72.3 Å². The van der Waals surface area contributed by atoms with Crippen molar-refractivity contribution in [2.45, 2.75) is 26.7 Å². The van der Waals surface area contributed by atoms with Gasteiger partial charge >= 0.3 is 5.97 Å². The Bertz CT molecular complexity index is 263. The van der Waals surface area contributed by atoms with Crippen molar-refractivity contribution in [2.24, 2.45) is 17.3 Å². The number of rotatable bonds is 1. The fraction of sp³-hybridized carbons (Fsp3) is 0.700. The Balaban J connectivity index is 2.24. The van der Waals surface area contributed by atoms with E-state index in [4.69, 9.17) is 5.11 Å². The normalized spacial score (nSPS) is 36.7. The van der Waals surface area contributed by atoms with Gasteiger partial charge in [-0.25, -0.2) is 4.79 Å². The third-order valence-corrected chi connectivity index (χ3v) is 3.69. The van der Waals surface area contributed by atoms with Crippen molar-refractivity contribution in [1.82, 2.24) is 0 Å². The third kappa shape index (κ3) is 0.838. The first kappa shape index (κ1) is 7.84. The van der Waals surface area contributed by atoms with Crippen LogP contribution in [0.3, 0.4) is 0 Å². The van der Waals surface area contributed by atoms with Gasteiger partial charge in [0, 0.05) is 5.57 Å². The smallest absolute Gasteiger partial charge is 0.331 e. The lowest BCUT2D eigenvalue weighted by Crippen LogP contribution is -2.47. The number of hydrogen-bond acceptors (Lipinski definition) is 1. The minimum atomic E-state index is -0.722. The molecule has 0 amide bonds. The summed E-state index contributed by atoms with van der Waals surface area (Å²) in [5, 5.41) is 8.78. The number of carboxylic acids is 1. The average molecular weight is 166 g/mol. The van der Waals surface area contributed by atoms with E-state index in [1.54, 1.807) is 0 Å². The maximum atomic E-state index is 10.7. The van der Waals surface area contributed by atoms with Crippen LogP contribution in [0.5, 0.6) is 0 Å². The van der Waals surface area contributed by atoms with Crippen molar-refractivity contribution < 1.29 is 9.90 Å². The van der Waals surface area contributed by atoms with E-state index in [0.717, 1.165) is 6.42 Å². The van der Waals surface area contributed by atoms with Gasteiger partial charge in [-0.15, -0.1) is 0 Å². The summed E-state index contributed by atoms with van der Waals surface area (Å²) in [7, 11) is 0. The molecule has 0 aliphatic heterocycles. The summed E-state index contributed by atoms with van der Waals surface area (Å²) < 4.78 is 0. The van der Waals surface area contributed by atoms with Gasteiger partial charge in [0.25, 0.3) is 0 Å². The molecule has 0 heterocycles. The molecule has 0 spiro atoms. The highest BCUT2D eigenvalue weighted by molar-refractivity contribution is 5.87. The molecule has 3 rings (SSSR count). The summed E-state index contributed by atoms with van der Waals surface area (Å²) in [6.07, 6.45) is 3.94. The Morgan fingerprint density at radius 2 is 2.33 bits per heavy atom. The molecule has 1 saturated carbocycles. The zero-order chi connectivity index (χ0) is 8.93. The summed E-state index contributed by atoms with van der Waals surface area (Å²) in [5.74, 6) is 0.404. The second-order valence-corrected chi connectivity index (χ2v) is 4.56. The molecular formula is C10H14O2. The van der Waals surface area contributed by atoms with Crippen LogP contribution >= 0.6 is 0 Å². The molecule has 12 heavy (non-hydrogen) atoms. The standard InChI is InChI=1S/C10H14O2/c1-10(2)7-3-6(9(11)12)4-8(10)5-7/h3,7-8H,4-5H2,1-2H3,(H,11,12)/t7-,8+/m1/s1. The van der Waals surface area contributed by atoms with Crippen molar-refractivity contribution in [3.63, 3.8) is 0 Å². The largest absolute Gasteiger partial charge is 0.478 e. The van der Waals surface area contributed by atoms with Crippen molar-refractivity contribution in [3.05, 3.63) is 11.6 Å². The van der Waals surface area contributed by atoms with Crippen LogP contribution in [0.2, 0.25) is 0 Å². The Kier molecular flexibility index (Phi) is 1.39. The summed E-state index contributed by atoms with van der Waals surface area (Å²) in [4.78, 5) is 10.7. The molecule has 0 saturated heterocycles. The van der Waals surface area contributed by atoms with Crippen molar-refractivity contribution >= 4 is 5.97 Å². The van der Waals surface area contributed by atoms with Crippen LogP contribution in [0, 0.1) is 17.3 Å². The summed E-state index contributed by atoms with van der Waals surface area (Å²) in [5.41, 5.74) is 0.995. The van der Waals surface area contributed by atoms with E-state index in [1.165, 1.54) is 6.42 Å². The van der Waals surface area contributed by atoms with Crippen LogP contribution < -0.4 is 0 Å². The molecule has 0 radical (unpaired) electrons. The van der Waals surface area contributed by atoms with Crippen LogP contribution in [0.15, 0.2) is 11.6 Å². The SMILES string of the molecule is CC1(C)[C@H]2CC(C(=O)O)=C[C@@H]1C2. The molecule has 66 valence electrons. The van der Waals surface area contributed by atoms with Gasteiger partial charge < -0.3 is 5.11 Å². The van der Waals surface area contributed by atoms with E-state index in [-0.39, 0.29) is 0 Å². The fourth-order valence-corrected chi connectivity index (χ4v) is 2.42. The minimum absolute atomic E-state index is 0.360. The quantitative estimate of drug-likeness (QED) is 0.647. The van der Waals surface area contributed by atoms with Crippen molar-refractivity contribution in [1.29, 1.82) is 0 Å². The molecule has 2 bridgehead atoms. The summed E-state index contributed by atoms with van der Waals surface area (Å²) in [6.45, 7) is 4.47. The second kappa shape index (κ2) is 2.12. The van der Waals surface area contributed by atoms with E-state index in [9.17, 15) is 4.79 Å². The topological polar surface area (TPSA) is 37.3 Å². The van der Waals surface area contributed by atoms with Crippen LogP contribution in [0.4, 0.5) is 0 Å². The fourth-order valence-electron chi connectivity index (χ4n) is 2.42. The summed E-state index contributed by atoms with van der Waals surface area (Å²) >= 11 is 0. The molecule has 1 N–H and O–H groups in total. The maximum Gasteiger partial charge on any atom is 0.331 e. The van der Waals surface area contributed by atoms with Gasteiger partial charge in [-0.1, -0.05) is 19.9 Å². The first-order valence-corrected chi connectivity index (χ1v) is 4.46. The highest BCUT2D eigenvalue weighted by Gasteiger charge is 2.50. The molecule has 3 aliphatic rings. The van der Waals surface area contributed by atoms with E-state index in [0.29, 0.717) is 22.8 Å². The lowest BCUT2D eigenvalue weighted by atomic mass is 9.50. The molecule has 2 heteroatoms. The minimum Gasteiger partial charge on any atom is -0.478 e. The number of fused-ring (bicyclic) bond motifs is 1. The number of carbonyl (C=O) groups is 1. The molecule has 0 unspecified atom stereocenters. The van der Waals surface area contributed by atoms with Crippen LogP contribution in [-0.4, -0.2) is 11.1 Å². The number of allylic oxidation sites excluding steroid dienone is 1. The highest BCUT2D eigenvalue weighted by atomic mass is 16.4. The molecule has 3 aliphatic carbocycles. The van der Waals surface area contributed by atoms with Crippen molar-refractivity contribution in [3.8, 4) is 0 Å². The predicted octanol–water partition coefficient (Wildman–Crippen LogP) is 2.06. The van der Waals surface area contributed by atoms with E-state index in [2.05, 4.69) is 13.8 Å². The molecule has 0 aromatic heterocycles. The zero-order valence-corrected chi connectivity index (χ0v) is 7.50. The molecule has 0 aromatic carbocycles. The van der Waals surface area contributed by atoms with E-state index < -0.39 is 5.97 Å². The molecular weight excluding hydrogens is 152 g/mol.